The molecule has 6 nitrogen and oxygen atoms in total. The van der Waals surface area contributed by atoms with E-state index in [4.69, 9.17) is 0 Å². The lowest BCUT2D eigenvalue weighted by atomic mass is 10.1. The molecule has 0 aliphatic rings. The van der Waals surface area contributed by atoms with Crippen LogP contribution in [-0.4, -0.2) is 24.8 Å². The Morgan fingerprint density at radius 2 is 2.14 bits per heavy atom. The summed E-state index contributed by atoms with van der Waals surface area (Å²) in [7, 11) is 0. The zero-order valence-electron chi connectivity index (χ0n) is 12.8. The highest BCUT2D eigenvalue weighted by Gasteiger charge is 2.08. The van der Waals surface area contributed by atoms with Crippen molar-refractivity contribution in [1.82, 2.24) is 30.1 Å². The summed E-state index contributed by atoms with van der Waals surface area (Å²) in [6.45, 7) is 5.67. The van der Waals surface area contributed by atoms with Gasteiger partial charge < -0.3 is 5.32 Å². The maximum atomic E-state index is 4.38. The topological polar surface area (TPSA) is 60.6 Å². The quantitative estimate of drug-likeness (QED) is 0.758. The first-order valence-corrected chi connectivity index (χ1v) is 7.48. The van der Waals surface area contributed by atoms with Gasteiger partial charge in [0.25, 0.3) is 0 Å². The van der Waals surface area contributed by atoms with Gasteiger partial charge in [0.1, 0.15) is 0 Å². The van der Waals surface area contributed by atoms with Crippen LogP contribution in [0.25, 0.3) is 5.69 Å². The summed E-state index contributed by atoms with van der Waals surface area (Å²) in [5.74, 6) is 0. The Labute approximate surface area is 129 Å². The summed E-state index contributed by atoms with van der Waals surface area (Å²) in [5, 5.41) is 16.3. The number of hydrogen-bond donors (Lipinski definition) is 1. The molecule has 1 N–H and O–H groups in total. The maximum Gasteiger partial charge on any atom is 0.0965 e. The molecule has 0 bridgehead atoms. The fraction of sp³-hybridized carbons (Fsp3) is 0.312. The maximum absolute atomic E-state index is 4.38. The zero-order valence-corrected chi connectivity index (χ0v) is 12.8. The molecule has 1 unspecified atom stereocenters. The molecule has 1 aromatic carbocycles. The third-order valence-electron chi connectivity index (χ3n) is 3.60. The van der Waals surface area contributed by atoms with Gasteiger partial charge in [-0.1, -0.05) is 12.1 Å². The monoisotopic (exact) mass is 296 g/mol. The van der Waals surface area contributed by atoms with Crippen LogP contribution in [-0.2, 0) is 13.1 Å². The normalized spacial score (nSPS) is 12.5. The van der Waals surface area contributed by atoms with E-state index in [9.17, 15) is 0 Å². The van der Waals surface area contributed by atoms with Crippen molar-refractivity contribution in [2.45, 2.75) is 33.0 Å². The molecule has 0 amide bonds. The van der Waals surface area contributed by atoms with Crippen LogP contribution in [0.2, 0.25) is 0 Å². The van der Waals surface area contributed by atoms with Crippen molar-refractivity contribution in [2.75, 3.05) is 0 Å². The minimum Gasteiger partial charge on any atom is -0.304 e. The van der Waals surface area contributed by atoms with E-state index >= 15 is 0 Å². The number of aryl methyl sites for hydroxylation is 1. The summed E-state index contributed by atoms with van der Waals surface area (Å²) < 4.78 is 1.86. The van der Waals surface area contributed by atoms with Gasteiger partial charge in [-0.2, -0.15) is 20.1 Å². The van der Waals surface area contributed by atoms with Gasteiger partial charge in [0, 0.05) is 25.0 Å². The zero-order chi connectivity index (χ0) is 15.4. The second-order valence-corrected chi connectivity index (χ2v) is 5.17. The molecule has 0 aliphatic carbocycles. The number of nitrogens with zero attached hydrogens (tertiary/aromatic N) is 5. The van der Waals surface area contributed by atoms with Crippen molar-refractivity contribution < 1.29 is 0 Å². The fourth-order valence-electron chi connectivity index (χ4n) is 2.30. The molecule has 3 aromatic rings. The molecule has 3 rings (SSSR count). The molecule has 114 valence electrons. The second kappa shape index (κ2) is 6.53. The van der Waals surface area contributed by atoms with Crippen molar-refractivity contribution in [1.29, 1.82) is 0 Å². The number of aromatic nitrogens is 5. The van der Waals surface area contributed by atoms with Gasteiger partial charge in [0.15, 0.2) is 0 Å². The molecule has 0 saturated heterocycles. The molecule has 0 saturated carbocycles. The summed E-state index contributed by atoms with van der Waals surface area (Å²) >= 11 is 0. The first-order chi connectivity index (χ1) is 10.8. The summed E-state index contributed by atoms with van der Waals surface area (Å²) in [5.41, 5.74) is 3.24. The molecular formula is C16H20N6. The van der Waals surface area contributed by atoms with E-state index in [0.29, 0.717) is 6.54 Å². The first-order valence-electron chi connectivity index (χ1n) is 7.48. The Morgan fingerprint density at radius 3 is 2.86 bits per heavy atom. The van der Waals surface area contributed by atoms with Crippen LogP contribution in [0, 0.1) is 0 Å². The van der Waals surface area contributed by atoms with E-state index in [1.165, 1.54) is 5.56 Å². The Hall–Kier alpha value is -2.47. The molecule has 22 heavy (non-hydrogen) atoms. The largest absolute Gasteiger partial charge is 0.304 e. The Morgan fingerprint density at radius 1 is 1.23 bits per heavy atom. The van der Waals surface area contributed by atoms with Crippen LogP contribution in [0.5, 0.6) is 0 Å². The highest BCUT2D eigenvalue weighted by Crippen LogP contribution is 2.16. The third kappa shape index (κ3) is 3.23. The molecule has 0 radical (unpaired) electrons. The Balaban J connectivity index is 1.67. The third-order valence-corrected chi connectivity index (χ3v) is 3.60. The van der Waals surface area contributed by atoms with Crippen LogP contribution in [0.4, 0.5) is 0 Å². The summed E-state index contributed by atoms with van der Waals surface area (Å²) in [6, 6.07) is 10.5. The lowest BCUT2D eigenvalue weighted by Crippen LogP contribution is -2.18. The molecule has 1 atom stereocenters. The van der Waals surface area contributed by atoms with E-state index in [2.05, 4.69) is 51.8 Å². The van der Waals surface area contributed by atoms with E-state index in [1.807, 2.05) is 30.1 Å². The Kier molecular flexibility index (Phi) is 4.29. The highest BCUT2D eigenvalue weighted by atomic mass is 15.5. The van der Waals surface area contributed by atoms with Crippen molar-refractivity contribution in [3.63, 3.8) is 0 Å². The number of rotatable bonds is 6. The lowest BCUT2D eigenvalue weighted by molar-refractivity contribution is 0.538. The van der Waals surface area contributed by atoms with Gasteiger partial charge in [-0.15, -0.1) is 0 Å². The van der Waals surface area contributed by atoms with Crippen LogP contribution in [0.1, 0.15) is 31.1 Å². The van der Waals surface area contributed by atoms with E-state index < -0.39 is 0 Å². The van der Waals surface area contributed by atoms with Crippen LogP contribution < -0.4 is 5.32 Å². The molecule has 0 aliphatic heterocycles. The minimum atomic E-state index is 0.224. The van der Waals surface area contributed by atoms with Gasteiger partial charge in [-0.3, -0.25) is 0 Å². The molecule has 2 heterocycles. The highest BCUT2D eigenvalue weighted by molar-refractivity contribution is 5.36. The molecule has 0 fully saturated rings. The second-order valence-electron chi connectivity index (χ2n) is 5.17. The molecule has 2 aromatic heterocycles. The van der Waals surface area contributed by atoms with Gasteiger partial charge in [-0.05, 0) is 37.6 Å². The van der Waals surface area contributed by atoms with Gasteiger partial charge >= 0.3 is 0 Å². The molecule has 6 heteroatoms. The minimum absolute atomic E-state index is 0.224. The van der Waals surface area contributed by atoms with Gasteiger partial charge in [0.05, 0.1) is 24.1 Å². The fourth-order valence-corrected chi connectivity index (χ4v) is 2.30. The molecule has 0 spiro atoms. The van der Waals surface area contributed by atoms with Crippen LogP contribution >= 0.6 is 0 Å². The van der Waals surface area contributed by atoms with Crippen LogP contribution in [0.15, 0.2) is 48.9 Å². The number of hydrogen-bond acceptors (Lipinski definition) is 4. The van der Waals surface area contributed by atoms with E-state index in [0.717, 1.165) is 17.9 Å². The predicted octanol–water partition coefficient (Wildman–Crippen LogP) is 2.33. The predicted molar refractivity (Wildman–Crippen MR) is 84.5 cm³/mol. The average molecular weight is 296 g/mol. The smallest absolute Gasteiger partial charge is 0.0965 e. The van der Waals surface area contributed by atoms with Crippen molar-refractivity contribution >= 4 is 0 Å². The van der Waals surface area contributed by atoms with Crippen LogP contribution in [0.3, 0.4) is 0 Å². The van der Waals surface area contributed by atoms with E-state index in [-0.39, 0.29) is 6.04 Å². The van der Waals surface area contributed by atoms with Crippen molar-refractivity contribution in [2.24, 2.45) is 0 Å². The van der Waals surface area contributed by atoms with E-state index in [1.54, 1.807) is 11.0 Å². The van der Waals surface area contributed by atoms with Crippen molar-refractivity contribution in [3.8, 4) is 5.69 Å². The standard InChI is InChI=1S/C16H20N6/c1-3-22-19-12-15(20-22)11-17-13(2)14-6-4-7-16(10-14)21-9-5-8-18-21/h4-10,12-13,17H,3,11H2,1-2H3. The number of nitrogens with one attached hydrogen (secondary N) is 1. The molecular weight excluding hydrogens is 276 g/mol. The summed E-state index contributed by atoms with van der Waals surface area (Å²) in [4.78, 5) is 1.69. The number of benzene rings is 1. The Bertz CT molecular complexity index is 716. The lowest BCUT2D eigenvalue weighted by Gasteiger charge is -2.14. The van der Waals surface area contributed by atoms with Crippen molar-refractivity contribution in [3.05, 3.63) is 60.2 Å². The van der Waals surface area contributed by atoms with Gasteiger partial charge in [-0.25, -0.2) is 4.68 Å². The SMILES string of the molecule is CCn1ncc(CNC(C)c2cccc(-n3cccn3)c2)n1. The average Bonchev–Trinajstić information content (AvgIpc) is 3.24. The van der Waals surface area contributed by atoms with Gasteiger partial charge in [0.2, 0.25) is 0 Å². The summed E-state index contributed by atoms with van der Waals surface area (Å²) in [6.07, 6.45) is 5.54. The first kappa shape index (κ1) is 14.5.